The second kappa shape index (κ2) is 6.97. The normalized spacial score (nSPS) is 22.3. The second-order valence-corrected chi connectivity index (χ2v) is 6.75. The molecule has 4 nitrogen and oxygen atoms in total. The molecule has 2 heterocycles. The summed E-state index contributed by atoms with van der Waals surface area (Å²) in [4.78, 5) is 16.8. The number of carbonyl (C=O) groups is 1. The van der Waals surface area contributed by atoms with Crippen molar-refractivity contribution in [3.05, 3.63) is 35.1 Å². The lowest BCUT2D eigenvalue weighted by Crippen LogP contribution is -2.48. The average Bonchev–Trinajstić information content (AvgIpc) is 2.56. The molecule has 23 heavy (non-hydrogen) atoms. The highest BCUT2D eigenvalue weighted by Crippen LogP contribution is 2.30. The fourth-order valence-electron chi connectivity index (χ4n) is 3.81. The van der Waals surface area contributed by atoms with E-state index in [4.69, 9.17) is 0 Å². The zero-order valence-corrected chi connectivity index (χ0v) is 14.0. The third kappa shape index (κ3) is 3.56. The summed E-state index contributed by atoms with van der Waals surface area (Å²) in [6.07, 6.45) is 2.99. The molecular formula is C18H26FN3O. The smallest absolute Gasteiger partial charge is 0.237 e. The highest BCUT2D eigenvalue weighted by atomic mass is 19.1. The van der Waals surface area contributed by atoms with Gasteiger partial charge >= 0.3 is 0 Å². The van der Waals surface area contributed by atoms with E-state index in [2.05, 4.69) is 10.2 Å². The number of carbonyl (C=O) groups excluding carboxylic acids is 1. The van der Waals surface area contributed by atoms with Crippen molar-refractivity contribution in [2.24, 2.45) is 0 Å². The Labute approximate surface area is 137 Å². The van der Waals surface area contributed by atoms with Crippen molar-refractivity contribution in [1.29, 1.82) is 0 Å². The van der Waals surface area contributed by atoms with E-state index in [1.54, 1.807) is 6.07 Å². The van der Waals surface area contributed by atoms with E-state index in [9.17, 15) is 9.18 Å². The molecule has 1 atom stereocenters. The van der Waals surface area contributed by atoms with Crippen molar-refractivity contribution in [3.8, 4) is 0 Å². The van der Waals surface area contributed by atoms with Crippen LogP contribution in [-0.2, 0) is 11.2 Å². The predicted molar refractivity (Wildman–Crippen MR) is 88.8 cm³/mol. The first-order valence-electron chi connectivity index (χ1n) is 8.55. The maximum Gasteiger partial charge on any atom is 0.237 e. The van der Waals surface area contributed by atoms with Crippen molar-refractivity contribution in [2.45, 2.75) is 38.3 Å². The van der Waals surface area contributed by atoms with Gasteiger partial charge in [-0.25, -0.2) is 4.39 Å². The fraction of sp³-hybridized carbons (Fsp3) is 0.611. The van der Waals surface area contributed by atoms with Crippen LogP contribution >= 0.6 is 0 Å². The predicted octanol–water partition coefficient (Wildman–Crippen LogP) is 1.96. The second-order valence-electron chi connectivity index (χ2n) is 6.75. The van der Waals surface area contributed by atoms with Crippen molar-refractivity contribution < 1.29 is 9.18 Å². The number of benzene rings is 1. The lowest BCUT2D eigenvalue weighted by atomic mass is 9.93. The van der Waals surface area contributed by atoms with E-state index < -0.39 is 0 Å². The van der Waals surface area contributed by atoms with E-state index in [0.29, 0.717) is 12.6 Å². The molecule has 0 aliphatic carbocycles. The number of hydrogen-bond acceptors (Lipinski definition) is 3. The van der Waals surface area contributed by atoms with E-state index in [0.717, 1.165) is 50.0 Å². The molecule has 0 spiro atoms. The quantitative estimate of drug-likeness (QED) is 0.925. The number of piperidine rings is 1. The molecule has 0 aromatic heterocycles. The van der Waals surface area contributed by atoms with Crippen LogP contribution in [0.4, 0.5) is 4.39 Å². The van der Waals surface area contributed by atoms with Gasteiger partial charge in [-0.1, -0.05) is 6.07 Å². The Bertz CT molecular complexity index is 571. The molecule has 3 rings (SSSR count). The summed E-state index contributed by atoms with van der Waals surface area (Å²) in [5.74, 6) is -0.0785. The van der Waals surface area contributed by atoms with Gasteiger partial charge in [0.05, 0.1) is 12.6 Å². The van der Waals surface area contributed by atoms with Crippen molar-refractivity contribution in [2.75, 3.05) is 33.2 Å². The molecule has 1 aromatic carbocycles. The standard InChI is InChI=1S/C18H26FN3O/c1-13-17-11-15(19)4-3-14(17)7-10-22(13)18(23)12-21(2)16-5-8-20-9-6-16/h3-4,11,13,16,20H,5-10,12H2,1-2H3/t13-/m0/s1. The first-order chi connectivity index (χ1) is 11.1. The highest BCUT2D eigenvalue weighted by molar-refractivity contribution is 5.79. The van der Waals surface area contributed by atoms with Gasteiger partial charge in [-0.05, 0) is 69.6 Å². The highest BCUT2D eigenvalue weighted by Gasteiger charge is 2.29. The fourth-order valence-corrected chi connectivity index (χ4v) is 3.81. The zero-order chi connectivity index (χ0) is 16.4. The molecule has 126 valence electrons. The van der Waals surface area contributed by atoms with Crippen LogP contribution in [0.1, 0.15) is 36.9 Å². The van der Waals surface area contributed by atoms with Crippen LogP contribution in [0.15, 0.2) is 18.2 Å². The molecular weight excluding hydrogens is 293 g/mol. The third-order valence-electron chi connectivity index (χ3n) is 5.28. The Morgan fingerprint density at radius 2 is 2.13 bits per heavy atom. The van der Waals surface area contributed by atoms with Gasteiger partial charge in [-0.3, -0.25) is 9.69 Å². The van der Waals surface area contributed by atoms with Crippen LogP contribution < -0.4 is 5.32 Å². The van der Waals surface area contributed by atoms with Gasteiger partial charge in [0.15, 0.2) is 0 Å². The molecule has 1 fully saturated rings. The van der Waals surface area contributed by atoms with Crippen LogP contribution in [0.5, 0.6) is 0 Å². The lowest BCUT2D eigenvalue weighted by molar-refractivity contribution is -0.135. The van der Waals surface area contributed by atoms with Gasteiger partial charge in [0.25, 0.3) is 0 Å². The third-order valence-corrected chi connectivity index (χ3v) is 5.28. The van der Waals surface area contributed by atoms with E-state index in [-0.39, 0.29) is 17.8 Å². The van der Waals surface area contributed by atoms with Gasteiger partial charge in [-0.2, -0.15) is 0 Å². The maximum absolute atomic E-state index is 13.5. The van der Waals surface area contributed by atoms with Crippen LogP contribution in [-0.4, -0.2) is 55.0 Å². The van der Waals surface area contributed by atoms with Gasteiger partial charge in [0.2, 0.25) is 5.91 Å². The molecule has 5 heteroatoms. The zero-order valence-electron chi connectivity index (χ0n) is 14.0. The molecule has 0 unspecified atom stereocenters. The molecule has 1 amide bonds. The minimum absolute atomic E-state index is 0.0524. The summed E-state index contributed by atoms with van der Waals surface area (Å²) >= 11 is 0. The summed E-state index contributed by atoms with van der Waals surface area (Å²) in [5.41, 5.74) is 2.11. The number of rotatable bonds is 3. The first-order valence-corrected chi connectivity index (χ1v) is 8.55. The summed E-state index contributed by atoms with van der Waals surface area (Å²) in [6, 6.07) is 5.36. The number of fused-ring (bicyclic) bond motifs is 1. The Morgan fingerprint density at radius 3 is 2.87 bits per heavy atom. The van der Waals surface area contributed by atoms with E-state index >= 15 is 0 Å². The van der Waals surface area contributed by atoms with Gasteiger partial charge < -0.3 is 10.2 Å². The minimum Gasteiger partial charge on any atom is -0.334 e. The molecule has 1 N–H and O–H groups in total. The van der Waals surface area contributed by atoms with E-state index in [1.165, 1.54) is 6.07 Å². The topological polar surface area (TPSA) is 35.6 Å². The van der Waals surface area contributed by atoms with Crippen molar-refractivity contribution in [3.63, 3.8) is 0 Å². The van der Waals surface area contributed by atoms with Gasteiger partial charge in [-0.15, -0.1) is 0 Å². The number of likely N-dealkylation sites (N-methyl/N-ethyl adjacent to an activating group) is 1. The largest absolute Gasteiger partial charge is 0.334 e. The molecule has 0 radical (unpaired) electrons. The number of amides is 1. The Kier molecular flexibility index (Phi) is 4.97. The molecule has 0 saturated carbocycles. The number of halogens is 1. The number of nitrogens with zero attached hydrogens (tertiary/aromatic N) is 2. The SMILES string of the molecule is C[C@H]1c2cc(F)ccc2CCN1C(=O)CN(C)C1CCNCC1. The number of nitrogens with one attached hydrogen (secondary N) is 1. The monoisotopic (exact) mass is 319 g/mol. The van der Waals surface area contributed by atoms with E-state index in [1.807, 2.05) is 24.9 Å². The summed E-state index contributed by atoms with van der Waals surface area (Å²) < 4.78 is 13.5. The maximum atomic E-state index is 13.5. The Morgan fingerprint density at radius 1 is 1.39 bits per heavy atom. The van der Waals surface area contributed by atoms with Crippen LogP contribution in [0, 0.1) is 5.82 Å². The number of hydrogen-bond donors (Lipinski definition) is 1. The summed E-state index contributed by atoms with van der Waals surface area (Å²) in [7, 11) is 2.04. The molecule has 1 aromatic rings. The minimum atomic E-state index is -0.225. The first kappa shape index (κ1) is 16.4. The molecule has 1 saturated heterocycles. The Balaban J connectivity index is 1.66. The molecule has 0 bridgehead atoms. The summed E-state index contributed by atoms with van der Waals surface area (Å²) in [5, 5.41) is 3.35. The van der Waals surface area contributed by atoms with Crippen molar-refractivity contribution in [1.82, 2.24) is 15.1 Å². The van der Waals surface area contributed by atoms with Crippen LogP contribution in [0.25, 0.3) is 0 Å². The van der Waals surface area contributed by atoms with Crippen LogP contribution in [0.2, 0.25) is 0 Å². The molecule has 2 aliphatic rings. The van der Waals surface area contributed by atoms with Gasteiger partial charge in [0.1, 0.15) is 5.82 Å². The Hall–Kier alpha value is -1.46. The van der Waals surface area contributed by atoms with Crippen molar-refractivity contribution >= 4 is 5.91 Å². The summed E-state index contributed by atoms with van der Waals surface area (Å²) in [6.45, 7) is 5.21. The average molecular weight is 319 g/mol. The van der Waals surface area contributed by atoms with Crippen LogP contribution in [0.3, 0.4) is 0 Å². The lowest BCUT2D eigenvalue weighted by Gasteiger charge is -2.38. The molecule has 2 aliphatic heterocycles. The van der Waals surface area contributed by atoms with Gasteiger partial charge in [0, 0.05) is 12.6 Å².